The van der Waals surface area contributed by atoms with Gasteiger partial charge in [0.05, 0.1) is 10.8 Å². The van der Waals surface area contributed by atoms with Gasteiger partial charge in [-0.25, -0.2) is 12.8 Å². The number of rotatable bonds is 5. The third kappa shape index (κ3) is 4.07. The van der Waals surface area contributed by atoms with E-state index in [2.05, 4.69) is 5.32 Å². The molecule has 0 bridgehead atoms. The summed E-state index contributed by atoms with van der Waals surface area (Å²) in [6.07, 6.45) is 1.22. The second-order valence-corrected chi connectivity index (χ2v) is 7.63. The van der Waals surface area contributed by atoms with Gasteiger partial charge < -0.3 is 11.1 Å². The van der Waals surface area contributed by atoms with E-state index >= 15 is 0 Å². The van der Waals surface area contributed by atoms with Crippen LogP contribution in [0.2, 0.25) is 0 Å². The fourth-order valence-corrected chi connectivity index (χ4v) is 4.13. The Morgan fingerprint density at radius 1 is 1.48 bits per heavy atom. The van der Waals surface area contributed by atoms with Crippen LogP contribution in [0.4, 0.5) is 4.39 Å². The number of piperidine rings is 1. The average Bonchev–Trinajstić information content (AvgIpc) is 2.55. The van der Waals surface area contributed by atoms with Crippen molar-refractivity contribution in [2.45, 2.75) is 24.7 Å². The third-order valence-electron chi connectivity index (χ3n) is 3.98. The quantitative estimate of drug-likeness (QED) is 0.819. The summed E-state index contributed by atoms with van der Waals surface area (Å²) in [7, 11) is -3.80. The lowest BCUT2D eigenvalue weighted by Gasteiger charge is -2.31. The molecule has 2 rings (SSSR count). The maximum atomic E-state index is 13.7. The van der Waals surface area contributed by atoms with Gasteiger partial charge in [-0.15, -0.1) is 0 Å². The number of nitrogens with two attached hydrogens (primary N) is 1. The third-order valence-corrected chi connectivity index (χ3v) is 5.84. The van der Waals surface area contributed by atoms with Gasteiger partial charge in [0.25, 0.3) is 0 Å². The standard InChI is InChI=1S/C15H22FN3O3S/c1-11-4-5-13(9-14(11)16)23(21,22)19-8-2-3-12(10-19)15(20)18-7-6-17/h4-5,9,12H,2-3,6-8,10,17H2,1H3,(H,18,20). The minimum Gasteiger partial charge on any atom is -0.355 e. The van der Waals surface area contributed by atoms with Crippen LogP contribution in [0, 0.1) is 18.7 Å². The highest BCUT2D eigenvalue weighted by atomic mass is 32.2. The Morgan fingerprint density at radius 2 is 2.22 bits per heavy atom. The predicted octanol–water partition coefficient (Wildman–Crippen LogP) is 0.610. The van der Waals surface area contributed by atoms with E-state index in [4.69, 9.17) is 5.73 Å². The molecule has 1 aromatic carbocycles. The molecule has 1 aliphatic rings. The van der Waals surface area contributed by atoms with Gasteiger partial charge in [-0.2, -0.15) is 4.31 Å². The summed E-state index contributed by atoms with van der Waals surface area (Å²) in [6, 6.07) is 3.87. The lowest BCUT2D eigenvalue weighted by atomic mass is 9.99. The van der Waals surface area contributed by atoms with Gasteiger partial charge >= 0.3 is 0 Å². The van der Waals surface area contributed by atoms with Crippen molar-refractivity contribution in [3.63, 3.8) is 0 Å². The Balaban J connectivity index is 2.16. The molecule has 0 saturated carbocycles. The minimum atomic E-state index is -3.80. The zero-order valence-electron chi connectivity index (χ0n) is 13.1. The number of amides is 1. The van der Waals surface area contributed by atoms with Crippen LogP contribution in [0.3, 0.4) is 0 Å². The molecular formula is C15H22FN3O3S. The van der Waals surface area contributed by atoms with Crippen molar-refractivity contribution < 1.29 is 17.6 Å². The van der Waals surface area contributed by atoms with Gasteiger partial charge in [-0.3, -0.25) is 4.79 Å². The monoisotopic (exact) mass is 343 g/mol. The first-order chi connectivity index (χ1) is 10.9. The molecule has 23 heavy (non-hydrogen) atoms. The molecule has 1 fully saturated rings. The smallest absolute Gasteiger partial charge is 0.243 e. The highest BCUT2D eigenvalue weighted by molar-refractivity contribution is 7.89. The minimum absolute atomic E-state index is 0.0800. The average molecular weight is 343 g/mol. The second kappa shape index (κ2) is 7.37. The van der Waals surface area contributed by atoms with E-state index in [0.29, 0.717) is 38.0 Å². The zero-order valence-corrected chi connectivity index (χ0v) is 13.9. The lowest BCUT2D eigenvalue weighted by Crippen LogP contribution is -2.46. The van der Waals surface area contributed by atoms with E-state index in [1.165, 1.54) is 16.4 Å². The van der Waals surface area contributed by atoms with Crippen molar-refractivity contribution in [3.05, 3.63) is 29.6 Å². The first-order valence-electron chi connectivity index (χ1n) is 7.60. The number of carbonyl (C=O) groups excluding carboxylic acids is 1. The molecule has 1 aliphatic heterocycles. The first kappa shape index (κ1) is 17.8. The Morgan fingerprint density at radius 3 is 2.87 bits per heavy atom. The molecule has 1 heterocycles. The Bertz CT molecular complexity index is 679. The van der Waals surface area contributed by atoms with Crippen molar-refractivity contribution in [1.29, 1.82) is 0 Å². The molecule has 1 saturated heterocycles. The number of carbonyl (C=O) groups is 1. The summed E-state index contributed by atoms with van der Waals surface area (Å²) >= 11 is 0. The number of aryl methyl sites for hydroxylation is 1. The lowest BCUT2D eigenvalue weighted by molar-refractivity contribution is -0.126. The van der Waals surface area contributed by atoms with Crippen LogP contribution in [0.25, 0.3) is 0 Å². The van der Waals surface area contributed by atoms with Crippen LogP contribution in [0.15, 0.2) is 23.1 Å². The second-order valence-electron chi connectivity index (χ2n) is 5.69. The normalized spacial score (nSPS) is 19.5. The molecule has 6 nitrogen and oxygen atoms in total. The van der Waals surface area contributed by atoms with Crippen molar-refractivity contribution in [1.82, 2.24) is 9.62 Å². The number of nitrogens with one attached hydrogen (secondary N) is 1. The van der Waals surface area contributed by atoms with Crippen molar-refractivity contribution in [2.24, 2.45) is 11.7 Å². The summed E-state index contributed by atoms with van der Waals surface area (Å²) in [5.74, 6) is -1.15. The van der Waals surface area contributed by atoms with Gasteiger partial charge in [-0.1, -0.05) is 6.07 Å². The molecule has 0 spiro atoms. The van der Waals surface area contributed by atoms with Crippen LogP contribution in [0.5, 0.6) is 0 Å². The van der Waals surface area contributed by atoms with Crippen LogP contribution in [-0.2, 0) is 14.8 Å². The summed E-state index contributed by atoms with van der Waals surface area (Å²) in [6.45, 7) is 2.71. The number of halogens is 1. The van der Waals surface area contributed by atoms with Gasteiger partial charge in [0, 0.05) is 26.2 Å². The molecular weight excluding hydrogens is 321 g/mol. The topological polar surface area (TPSA) is 92.5 Å². The molecule has 8 heteroatoms. The van der Waals surface area contributed by atoms with Crippen LogP contribution in [-0.4, -0.2) is 44.8 Å². The van der Waals surface area contributed by atoms with Crippen molar-refractivity contribution >= 4 is 15.9 Å². The maximum Gasteiger partial charge on any atom is 0.243 e. The SMILES string of the molecule is Cc1ccc(S(=O)(=O)N2CCCC(C(=O)NCCN)C2)cc1F. The van der Waals surface area contributed by atoms with Gasteiger partial charge in [0.1, 0.15) is 5.82 Å². The Hall–Kier alpha value is -1.51. The van der Waals surface area contributed by atoms with E-state index in [1.807, 2.05) is 0 Å². The molecule has 1 atom stereocenters. The molecule has 128 valence electrons. The van der Waals surface area contributed by atoms with E-state index in [9.17, 15) is 17.6 Å². The predicted molar refractivity (Wildman–Crippen MR) is 84.7 cm³/mol. The number of sulfonamides is 1. The Kier molecular flexibility index (Phi) is 5.72. The number of benzene rings is 1. The van der Waals surface area contributed by atoms with E-state index < -0.39 is 21.8 Å². The van der Waals surface area contributed by atoms with Gasteiger partial charge in [0.2, 0.25) is 15.9 Å². The number of hydrogen-bond acceptors (Lipinski definition) is 4. The highest BCUT2D eigenvalue weighted by Crippen LogP contribution is 2.25. The fraction of sp³-hybridized carbons (Fsp3) is 0.533. The number of hydrogen-bond donors (Lipinski definition) is 2. The van der Waals surface area contributed by atoms with Crippen LogP contribution >= 0.6 is 0 Å². The molecule has 1 aromatic rings. The largest absolute Gasteiger partial charge is 0.355 e. The van der Waals surface area contributed by atoms with E-state index in [-0.39, 0.29) is 17.3 Å². The zero-order chi connectivity index (χ0) is 17.0. The molecule has 1 unspecified atom stereocenters. The molecule has 3 N–H and O–H groups in total. The first-order valence-corrected chi connectivity index (χ1v) is 9.04. The summed E-state index contributed by atoms with van der Waals surface area (Å²) in [5.41, 5.74) is 5.74. The molecule has 1 amide bonds. The summed E-state index contributed by atoms with van der Waals surface area (Å²) in [5, 5.41) is 2.68. The number of nitrogens with zero attached hydrogens (tertiary/aromatic N) is 1. The van der Waals surface area contributed by atoms with Crippen LogP contribution in [0.1, 0.15) is 18.4 Å². The molecule has 0 aliphatic carbocycles. The summed E-state index contributed by atoms with van der Waals surface area (Å²) in [4.78, 5) is 11.9. The van der Waals surface area contributed by atoms with Gasteiger partial charge in [-0.05, 0) is 37.5 Å². The molecule has 0 radical (unpaired) electrons. The Labute approximate surface area is 135 Å². The van der Waals surface area contributed by atoms with E-state index in [1.54, 1.807) is 6.92 Å². The fourth-order valence-electron chi connectivity index (χ4n) is 2.60. The van der Waals surface area contributed by atoms with Crippen molar-refractivity contribution in [3.8, 4) is 0 Å². The van der Waals surface area contributed by atoms with Crippen molar-refractivity contribution in [2.75, 3.05) is 26.2 Å². The van der Waals surface area contributed by atoms with E-state index in [0.717, 1.165) is 6.07 Å². The maximum absolute atomic E-state index is 13.7. The summed E-state index contributed by atoms with van der Waals surface area (Å²) < 4.78 is 40.2. The van der Waals surface area contributed by atoms with Crippen LogP contribution < -0.4 is 11.1 Å². The van der Waals surface area contributed by atoms with Gasteiger partial charge in [0.15, 0.2) is 0 Å². The molecule has 0 aromatic heterocycles. The highest BCUT2D eigenvalue weighted by Gasteiger charge is 2.33.